The number of hydrogen-bond acceptors (Lipinski definition) is 4. The van der Waals surface area contributed by atoms with E-state index in [1.165, 1.54) is 5.56 Å². The minimum Gasteiger partial charge on any atom is -0.444 e. The molecule has 1 aromatic rings. The quantitative estimate of drug-likeness (QED) is 0.854. The van der Waals surface area contributed by atoms with E-state index in [0.717, 1.165) is 18.8 Å². The van der Waals surface area contributed by atoms with Gasteiger partial charge in [-0.3, -0.25) is 4.90 Å². The molecule has 1 aromatic carbocycles. The van der Waals surface area contributed by atoms with E-state index in [1.54, 1.807) is 4.90 Å². The van der Waals surface area contributed by atoms with Gasteiger partial charge in [-0.05, 0) is 45.4 Å². The molecule has 1 aliphatic heterocycles. The molecule has 1 saturated heterocycles. The second-order valence-corrected chi connectivity index (χ2v) is 6.99. The Bertz CT molecular complexity index is 508. The zero-order valence-corrected chi connectivity index (χ0v) is 14.0. The minimum absolute atomic E-state index is 0.216. The highest BCUT2D eigenvalue weighted by molar-refractivity contribution is 5.68. The standard InChI is InChI=1S/C17H27N3O2/c1-13-11-20(16(21)22-17(2,3)4)10-9-19(13)12-14-5-7-15(18)8-6-14/h5-8,13H,9-12,18H2,1-4H3/t13-/m0/s1. The van der Waals surface area contributed by atoms with Crippen molar-refractivity contribution in [1.29, 1.82) is 0 Å². The SMILES string of the molecule is C[C@H]1CN(C(=O)OC(C)(C)C)CCN1Cc1ccc(N)cc1. The molecule has 0 aromatic heterocycles. The summed E-state index contributed by atoms with van der Waals surface area (Å²) in [7, 11) is 0. The zero-order chi connectivity index (χ0) is 16.3. The number of carbonyl (C=O) groups excluding carboxylic acids is 1. The van der Waals surface area contributed by atoms with E-state index in [2.05, 4.69) is 24.0 Å². The van der Waals surface area contributed by atoms with Gasteiger partial charge in [-0.1, -0.05) is 12.1 Å². The average molecular weight is 305 g/mol. The van der Waals surface area contributed by atoms with Crippen molar-refractivity contribution >= 4 is 11.8 Å². The first-order valence-corrected chi connectivity index (χ1v) is 7.81. The number of nitrogens with two attached hydrogens (primary N) is 1. The van der Waals surface area contributed by atoms with Crippen LogP contribution < -0.4 is 5.73 Å². The number of hydrogen-bond donors (Lipinski definition) is 1. The van der Waals surface area contributed by atoms with Gasteiger partial charge >= 0.3 is 6.09 Å². The fraction of sp³-hybridized carbons (Fsp3) is 0.588. The molecule has 5 heteroatoms. The smallest absolute Gasteiger partial charge is 0.410 e. The van der Waals surface area contributed by atoms with Gasteiger partial charge in [-0.15, -0.1) is 0 Å². The van der Waals surface area contributed by atoms with Crippen molar-refractivity contribution in [2.24, 2.45) is 0 Å². The lowest BCUT2D eigenvalue weighted by molar-refractivity contribution is 0.00461. The maximum Gasteiger partial charge on any atom is 0.410 e. The number of rotatable bonds is 2. The predicted molar refractivity (Wildman–Crippen MR) is 88.5 cm³/mol. The third-order valence-electron chi connectivity index (χ3n) is 3.78. The number of nitrogens with zero attached hydrogens (tertiary/aromatic N) is 2. The first kappa shape index (κ1) is 16.6. The highest BCUT2D eigenvalue weighted by Crippen LogP contribution is 2.17. The van der Waals surface area contributed by atoms with Gasteiger partial charge in [-0.2, -0.15) is 0 Å². The van der Waals surface area contributed by atoms with Crippen LogP contribution in [-0.4, -0.2) is 47.2 Å². The average Bonchev–Trinajstić information content (AvgIpc) is 2.41. The number of amides is 1. The minimum atomic E-state index is -0.443. The van der Waals surface area contributed by atoms with Crippen LogP contribution in [0.25, 0.3) is 0 Å². The van der Waals surface area contributed by atoms with Crippen molar-refractivity contribution in [3.8, 4) is 0 Å². The van der Waals surface area contributed by atoms with E-state index < -0.39 is 5.60 Å². The van der Waals surface area contributed by atoms with Crippen LogP contribution in [0.3, 0.4) is 0 Å². The Kier molecular flexibility index (Phi) is 4.96. The molecular formula is C17H27N3O2. The summed E-state index contributed by atoms with van der Waals surface area (Å²) in [5.74, 6) is 0. The molecule has 1 heterocycles. The molecule has 22 heavy (non-hydrogen) atoms. The predicted octanol–water partition coefficient (Wildman–Crippen LogP) is 2.71. The fourth-order valence-electron chi connectivity index (χ4n) is 2.58. The largest absolute Gasteiger partial charge is 0.444 e. The number of ether oxygens (including phenoxy) is 1. The molecule has 1 atom stereocenters. The molecule has 0 bridgehead atoms. The molecule has 0 saturated carbocycles. The van der Waals surface area contributed by atoms with E-state index in [1.807, 2.05) is 32.9 Å². The lowest BCUT2D eigenvalue weighted by Crippen LogP contribution is -2.54. The van der Waals surface area contributed by atoms with Gasteiger partial charge in [0, 0.05) is 37.9 Å². The zero-order valence-electron chi connectivity index (χ0n) is 14.0. The van der Waals surface area contributed by atoms with Crippen LogP contribution in [0.1, 0.15) is 33.3 Å². The molecule has 122 valence electrons. The molecular weight excluding hydrogens is 278 g/mol. The van der Waals surface area contributed by atoms with E-state index in [0.29, 0.717) is 19.1 Å². The summed E-state index contributed by atoms with van der Waals surface area (Å²) in [5, 5.41) is 0. The summed E-state index contributed by atoms with van der Waals surface area (Å²) >= 11 is 0. The normalized spacial score (nSPS) is 20.0. The Hall–Kier alpha value is -1.75. The highest BCUT2D eigenvalue weighted by Gasteiger charge is 2.29. The van der Waals surface area contributed by atoms with Gasteiger partial charge in [-0.25, -0.2) is 4.79 Å². The molecule has 0 aliphatic carbocycles. The van der Waals surface area contributed by atoms with E-state index in [4.69, 9.17) is 10.5 Å². The van der Waals surface area contributed by atoms with Gasteiger partial charge in [0.1, 0.15) is 5.60 Å². The fourth-order valence-corrected chi connectivity index (χ4v) is 2.58. The number of carbonyl (C=O) groups is 1. The number of nitrogen functional groups attached to an aromatic ring is 1. The third-order valence-corrected chi connectivity index (χ3v) is 3.78. The molecule has 0 unspecified atom stereocenters. The van der Waals surface area contributed by atoms with Gasteiger partial charge in [0.25, 0.3) is 0 Å². The molecule has 2 rings (SSSR count). The van der Waals surface area contributed by atoms with Crippen LogP contribution in [0.2, 0.25) is 0 Å². The Morgan fingerprint density at radius 3 is 2.45 bits per heavy atom. The Morgan fingerprint density at radius 2 is 1.91 bits per heavy atom. The molecule has 2 N–H and O–H groups in total. The molecule has 0 radical (unpaired) electrons. The van der Waals surface area contributed by atoms with Crippen LogP contribution in [-0.2, 0) is 11.3 Å². The second kappa shape index (κ2) is 6.57. The Balaban J connectivity index is 1.90. The van der Waals surface area contributed by atoms with Crippen molar-refractivity contribution in [1.82, 2.24) is 9.80 Å². The van der Waals surface area contributed by atoms with Crippen LogP contribution in [0.5, 0.6) is 0 Å². The van der Waals surface area contributed by atoms with E-state index in [9.17, 15) is 4.79 Å². The first-order chi connectivity index (χ1) is 10.2. The summed E-state index contributed by atoms with van der Waals surface area (Å²) in [4.78, 5) is 16.3. The maximum atomic E-state index is 12.1. The Labute approximate surface area is 133 Å². The summed E-state index contributed by atoms with van der Waals surface area (Å²) in [6, 6.07) is 8.28. The molecule has 0 spiro atoms. The number of benzene rings is 1. The van der Waals surface area contributed by atoms with Crippen molar-refractivity contribution in [2.75, 3.05) is 25.4 Å². The molecule has 5 nitrogen and oxygen atoms in total. The van der Waals surface area contributed by atoms with Crippen molar-refractivity contribution in [3.05, 3.63) is 29.8 Å². The maximum absolute atomic E-state index is 12.1. The van der Waals surface area contributed by atoms with Crippen molar-refractivity contribution in [3.63, 3.8) is 0 Å². The van der Waals surface area contributed by atoms with Crippen molar-refractivity contribution < 1.29 is 9.53 Å². The molecule has 1 fully saturated rings. The van der Waals surface area contributed by atoms with Gasteiger partial charge in [0.2, 0.25) is 0 Å². The lowest BCUT2D eigenvalue weighted by atomic mass is 10.1. The Morgan fingerprint density at radius 1 is 1.27 bits per heavy atom. The third kappa shape index (κ3) is 4.63. The first-order valence-electron chi connectivity index (χ1n) is 7.81. The van der Waals surface area contributed by atoms with Gasteiger partial charge in [0.15, 0.2) is 0 Å². The van der Waals surface area contributed by atoms with Gasteiger partial charge in [0.05, 0.1) is 0 Å². The summed E-state index contributed by atoms with van der Waals surface area (Å²) in [5.41, 5.74) is 7.30. The summed E-state index contributed by atoms with van der Waals surface area (Å²) in [6.45, 7) is 11.0. The highest BCUT2D eigenvalue weighted by atomic mass is 16.6. The van der Waals surface area contributed by atoms with Crippen LogP contribution in [0.4, 0.5) is 10.5 Å². The topological polar surface area (TPSA) is 58.8 Å². The molecule has 1 amide bonds. The van der Waals surface area contributed by atoms with E-state index in [-0.39, 0.29) is 6.09 Å². The monoisotopic (exact) mass is 305 g/mol. The van der Waals surface area contributed by atoms with Crippen molar-refractivity contribution in [2.45, 2.75) is 45.9 Å². The van der Waals surface area contributed by atoms with Crippen LogP contribution >= 0.6 is 0 Å². The second-order valence-electron chi connectivity index (χ2n) is 6.99. The summed E-state index contributed by atoms with van der Waals surface area (Å²) in [6.07, 6.45) is -0.216. The lowest BCUT2D eigenvalue weighted by Gasteiger charge is -2.40. The number of piperazine rings is 1. The number of anilines is 1. The van der Waals surface area contributed by atoms with Crippen LogP contribution in [0.15, 0.2) is 24.3 Å². The van der Waals surface area contributed by atoms with E-state index >= 15 is 0 Å². The van der Waals surface area contributed by atoms with Crippen LogP contribution in [0, 0.1) is 0 Å². The molecule has 1 aliphatic rings. The van der Waals surface area contributed by atoms with Gasteiger partial charge < -0.3 is 15.4 Å². The summed E-state index contributed by atoms with van der Waals surface area (Å²) < 4.78 is 5.45.